The highest BCUT2D eigenvalue weighted by Gasteiger charge is 2.22. The average Bonchev–Trinajstić information content (AvgIpc) is 2.96. The highest BCUT2D eigenvalue weighted by molar-refractivity contribution is 7.16. The van der Waals surface area contributed by atoms with E-state index < -0.39 is 11.5 Å². The first-order valence-corrected chi connectivity index (χ1v) is 9.88. The molecule has 0 unspecified atom stereocenters. The van der Waals surface area contributed by atoms with Crippen molar-refractivity contribution in [3.05, 3.63) is 62.3 Å². The van der Waals surface area contributed by atoms with Gasteiger partial charge in [-0.05, 0) is 43.4 Å². The van der Waals surface area contributed by atoms with Crippen LogP contribution in [0.15, 0.2) is 39.5 Å². The van der Waals surface area contributed by atoms with Crippen LogP contribution < -0.4 is 10.9 Å². The number of nitrogens with zero attached hydrogens (tertiary/aromatic N) is 1. The molecule has 0 bridgehead atoms. The largest absolute Gasteiger partial charge is 0.422 e. The predicted octanol–water partition coefficient (Wildman–Crippen LogP) is 4.64. The molecule has 1 aliphatic rings. The number of nitrogens with one attached hydrogen (secondary N) is 1. The summed E-state index contributed by atoms with van der Waals surface area (Å²) in [5, 5.41) is 13.6. The lowest BCUT2D eigenvalue weighted by atomic mass is 9.97. The van der Waals surface area contributed by atoms with Crippen LogP contribution in [0, 0.1) is 11.3 Å². The van der Waals surface area contributed by atoms with E-state index in [1.165, 1.54) is 35.1 Å². The van der Waals surface area contributed by atoms with Crippen LogP contribution in [-0.2, 0) is 12.8 Å². The molecular weight excluding hydrogens is 360 g/mol. The van der Waals surface area contributed by atoms with Crippen molar-refractivity contribution < 1.29 is 9.21 Å². The molecule has 0 atom stereocenters. The fraction of sp³-hybridized carbons (Fsp3) is 0.286. The van der Waals surface area contributed by atoms with Crippen LogP contribution in [0.1, 0.15) is 52.0 Å². The maximum absolute atomic E-state index is 12.7. The van der Waals surface area contributed by atoms with E-state index >= 15 is 0 Å². The summed E-state index contributed by atoms with van der Waals surface area (Å²) in [5.41, 5.74) is 1.30. The quantitative estimate of drug-likeness (QED) is 0.659. The minimum absolute atomic E-state index is 0.0570. The van der Waals surface area contributed by atoms with Crippen LogP contribution in [0.2, 0.25) is 0 Å². The van der Waals surface area contributed by atoms with Gasteiger partial charge in [0.15, 0.2) is 0 Å². The molecule has 0 saturated carbocycles. The number of rotatable bonds is 2. The number of benzene rings is 1. The molecule has 5 nitrogen and oxygen atoms in total. The van der Waals surface area contributed by atoms with Gasteiger partial charge in [0.2, 0.25) is 0 Å². The fourth-order valence-electron chi connectivity index (χ4n) is 3.52. The van der Waals surface area contributed by atoms with Gasteiger partial charge in [-0.2, -0.15) is 5.26 Å². The Kier molecular flexibility index (Phi) is 4.78. The first-order valence-electron chi connectivity index (χ1n) is 9.06. The maximum Gasteiger partial charge on any atom is 0.349 e. The lowest BCUT2D eigenvalue weighted by Crippen LogP contribution is -2.20. The van der Waals surface area contributed by atoms with Crippen LogP contribution in [0.5, 0.6) is 0 Å². The average molecular weight is 378 g/mol. The topological polar surface area (TPSA) is 83.1 Å². The Balaban J connectivity index is 1.69. The molecule has 1 N–H and O–H groups in total. The van der Waals surface area contributed by atoms with E-state index in [0.717, 1.165) is 31.2 Å². The third-order valence-corrected chi connectivity index (χ3v) is 6.10. The monoisotopic (exact) mass is 378 g/mol. The van der Waals surface area contributed by atoms with Crippen LogP contribution in [0.4, 0.5) is 5.00 Å². The zero-order valence-electron chi connectivity index (χ0n) is 14.7. The summed E-state index contributed by atoms with van der Waals surface area (Å²) < 4.78 is 5.24. The summed E-state index contributed by atoms with van der Waals surface area (Å²) in [6.07, 6.45) is 6.31. The molecule has 136 valence electrons. The van der Waals surface area contributed by atoms with Gasteiger partial charge in [0.1, 0.15) is 22.2 Å². The first-order chi connectivity index (χ1) is 13.2. The lowest BCUT2D eigenvalue weighted by molar-refractivity contribution is 0.102. The second-order valence-electron chi connectivity index (χ2n) is 6.67. The summed E-state index contributed by atoms with van der Waals surface area (Å²) in [6, 6.07) is 10.8. The Bertz CT molecular complexity index is 1120. The van der Waals surface area contributed by atoms with Crippen molar-refractivity contribution in [1.29, 1.82) is 5.26 Å². The van der Waals surface area contributed by atoms with Gasteiger partial charge in [0, 0.05) is 10.3 Å². The Morgan fingerprint density at radius 2 is 1.93 bits per heavy atom. The highest BCUT2D eigenvalue weighted by Crippen LogP contribution is 2.36. The molecule has 0 aliphatic heterocycles. The van der Waals surface area contributed by atoms with E-state index in [0.29, 0.717) is 21.5 Å². The third kappa shape index (κ3) is 3.38. The molecule has 6 heteroatoms. The summed E-state index contributed by atoms with van der Waals surface area (Å²) in [7, 11) is 0. The number of anilines is 1. The molecule has 0 radical (unpaired) electrons. The molecule has 0 saturated heterocycles. The molecular formula is C21H18N2O3S. The van der Waals surface area contributed by atoms with Crippen molar-refractivity contribution in [3.63, 3.8) is 0 Å². The van der Waals surface area contributed by atoms with E-state index in [9.17, 15) is 14.9 Å². The summed E-state index contributed by atoms with van der Waals surface area (Å²) >= 11 is 1.45. The second kappa shape index (κ2) is 7.37. The normalized spacial score (nSPS) is 14.0. The Morgan fingerprint density at radius 3 is 2.74 bits per heavy atom. The number of nitriles is 1. The van der Waals surface area contributed by atoms with E-state index in [1.54, 1.807) is 18.2 Å². The zero-order chi connectivity index (χ0) is 18.8. The maximum atomic E-state index is 12.7. The van der Waals surface area contributed by atoms with Gasteiger partial charge >= 0.3 is 5.63 Å². The smallest absolute Gasteiger partial charge is 0.349 e. The van der Waals surface area contributed by atoms with E-state index in [2.05, 4.69) is 11.4 Å². The van der Waals surface area contributed by atoms with E-state index in [1.807, 2.05) is 6.07 Å². The standard InChI is InChI=1S/C21H18N2O3S/c22-12-16-14-8-3-1-2-4-10-18(14)27-20(16)23-19(24)15-11-13-7-5-6-9-17(13)26-21(15)25/h5-7,9,11H,1-4,8,10H2,(H,23,24). The number of hydrogen-bond acceptors (Lipinski definition) is 5. The summed E-state index contributed by atoms with van der Waals surface area (Å²) in [4.78, 5) is 26.1. The number of carbonyl (C=O) groups excluding carboxylic acids is 1. The van der Waals surface area contributed by atoms with Gasteiger partial charge in [-0.1, -0.05) is 31.0 Å². The van der Waals surface area contributed by atoms with Crippen LogP contribution in [0.25, 0.3) is 11.0 Å². The molecule has 0 spiro atoms. The van der Waals surface area contributed by atoms with Crippen LogP contribution in [0.3, 0.4) is 0 Å². The van der Waals surface area contributed by atoms with E-state index in [-0.39, 0.29) is 5.56 Å². The fourth-order valence-corrected chi connectivity index (χ4v) is 4.75. The van der Waals surface area contributed by atoms with Crippen molar-refractivity contribution >= 4 is 33.2 Å². The van der Waals surface area contributed by atoms with E-state index in [4.69, 9.17) is 4.42 Å². The summed E-state index contributed by atoms with van der Waals surface area (Å²) in [5.74, 6) is -0.541. The number of para-hydroxylation sites is 1. The van der Waals surface area contributed by atoms with Crippen molar-refractivity contribution in [3.8, 4) is 6.07 Å². The van der Waals surface area contributed by atoms with Gasteiger partial charge in [-0.25, -0.2) is 4.79 Å². The number of hydrogen-bond donors (Lipinski definition) is 1. The number of amides is 1. The van der Waals surface area contributed by atoms with Gasteiger partial charge in [-0.15, -0.1) is 11.3 Å². The van der Waals surface area contributed by atoms with Crippen molar-refractivity contribution in [2.75, 3.05) is 5.32 Å². The lowest BCUT2D eigenvalue weighted by Gasteiger charge is -2.08. The minimum Gasteiger partial charge on any atom is -0.422 e. The number of thiophene rings is 1. The zero-order valence-corrected chi connectivity index (χ0v) is 15.5. The Morgan fingerprint density at radius 1 is 1.15 bits per heavy atom. The SMILES string of the molecule is N#Cc1c(NC(=O)c2cc3ccccc3oc2=O)sc2c1CCCCCC2. The van der Waals surface area contributed by atoms with Gasteiger partial charge in [0.05, 0.1) is 5.56 Å². The predicted molar refractivity (Wildman–Crippen MR) is 105 cm³/mol. The Hall–Kier alpha value is -2.91. The van der Waals surface area contributed by atoms with Crippen molar-refractivity contribution in [1.82, 2.24) is 0 Å². The van der Waals surface area contributed by atoms with Gasteiger partial charge in [0.25, 0.3) is 5.91 Å². The summed E-state index contributed by atoms with van der Waals surface area (Å²) in [6.45, 7) is 0. The molecule has 4 rings (SSSR count). The second-order valence-corrected chi connectivity index (χ2v) is 7.78. The van der Waals surface area contributed by atoms with Crippen LogP contribution >= 0.6 is 11.3 Å². The number of aryl methyl sites for hydroxylation is 1. The molecule has 3 aromatic rings. The molecule has 1 aliphatic carbocycles. The molecule has 27 heavy (non-hydrogen) atoms. The molecule has 2 heterocycles. The van der Waals surface area contributed by atoms with Crippen LogP contribution in [-0.4, -0.2) is 5.91 Å². The first kappa shape index (κ1) is 17.5. The number of fused-ring (bicyclic) bond motifs is 2. The molecule has 1 amide bonds. The third-order valence-electron chi connectivity index (χ3n) is 4.90. The highest BCUT2D eigenvalue weighted by atomic mass is 32.1. The van der Waals surface area contributed by atoms with Crippen molar-refractivity contribution in [2.45, 2.75) is 38.5 Å². The molecule has 0 fully saturated rings. The Labute approximate surface area is 160 Å². The minimum atomic E-state index is -0.681. The van der Waals surface area contributed by atoms with Gasteiger partial charge < -0.3 is 9.73 Å². The molecule has 1 aromatic carbocycles. The molecule has 2 aromatic heterocycles. The van der Waals surface area contributed by atoms with Crippen molar-refractivity contribution in [2.24, 2.45) is 0 Å². The number of carbonyl (C=O) groups is 1. The van der Waals surface area contributed by atoms with Gasteiger partial charge in [-0.3, -0.25) is 4.79 Å².